The Labute approximate surface area is 215 Å². The molecule has 0 saturated heterocycles. The third kappa shape index (κ3) is 6.17. The monoisotopic (exact) mass is 503 g/mol. The molecule has 36 heavy (non-hydrogen) atoms. The minimum Gasteiger partial charge on any atom is -0.361 e. The van der Waals surface area contributed by atoms with E-state index in [2.05, 4.69) is 33.7 Å². The van der Waals surface area contributed by atoms with Gasteiger partial charge in [0.05, 0.1) is 0 Å². The number of nitrogens with zero attached hydrogens (tertiary/aromatic N) is 1. The second-order valence-corrected chi connectivity index (χ2v) is 9.00. The van der Waals surface area contributed by atoms with E-state index in [-0.39, 0.29) is 24.3 Å². The summed E-state index contributed by atoms with van der Waals surface area (Å²) in [5, 5.41) is 11.4. The molecular formula is C27H29N5O3S. The summed E-state index contributed by atoms with van der Waals surface area (Å²) in [7, 11) is 1.52. The lowest BCUT2D eigenvalue weighted by molar-refractivity contribution is -0.126. The summed E-state index contributed by atoms with van der Waals surface area (Å²) in [4.78, 5) is 40.9. The zero-order valence-electron chi connectivity index (χ0n) is 20.0. The van der Waals surface area contributed by atoms with Crippen molar-refractivity contribution in [2.75, 3.05) is 18.9 Å². The fourth-order valence-electron chi connectivity index (χ4n) is 4.11. The van der Waals surface area contributed by atoms with Crippen LogP contribution in [0.3, 0.4) is 0 Å². The average Bonchev–Trinajstić information content (AvgIpc) is 3.30. The molecule has 3 aromatic carbocycles. The van der Waals surface area contributed by atoms with Gasteiger partial charge in [-0.3, -0.25) is 13.9 Å². The lowest BCUT2D eigenvalue weighted by atomic mass is 10.0. The number of hydrogen-bond acceptors (Lipinski definition) is 4. The van der Waals surface area contributed by atoms with Gasteiger partial charge in [-0.1, -0.05) is 61.3 Å². The topological polar surface area (TPSA) is 106 Å². The normalized spacial score (nSPS) is 11.7. The number of fused-ring (bicyclic) bond motifs is 2. The molecule has 0 aliphatic carbocycles. The summed E-state index contributed by atoms with van der Waals surface area (Å²) in [5.41, 5.74) is 2.56. The van der Waals surface area contributed by atoms with Crippen LogP contribution in [0.5, 0.6) is 0 Å². The molecule has 0 bridgehead atoms. The Morgan fingerprint density at radius 3 is 2.56 bits per heavy atom. The Bertz CT molecular complexity index is 1390. The number of rotatable bonds is 9. The molecule has 1 atom stereocenters. The van der Waals surface area contributed by atoms with Crippen molar-refractivity contribution in [1.82, 2.24) is 19.9 Å². The Kier molecular flexibility index (Phi) is 8.12. The number of thiol groups is 1. The highest BCUT2D eigenvalue weighted by Gasteiger charge is 2.23. The minimum absolute atomic E-state index is 0.154. The Morgan fingerprint density at radius 2 is 1.75 bits per heavy atom. The van der Waals surface area contributed by atoms with Crippen LogP contribution < -0.4 is 16.0 Å². The number of hydrogen-bond donors (Lipinski definition) is 5. The second-order valence-electron chi connectivity index (χ2n) is 8.52. The maximum absolute atomic E-state index is 13.3. The van der Waals surface area contributed by atoms with Crippen LogP contribution in [-0.4, -0.2) is 46.8 Å². The predicted molar refractivity (Wildman–Crippen MR) is 146 cm³/mol. The van der Waals surface area contributed by atoms with E-state index in [1.807, 2.05) is 72.9 Å². The van der Waals surface area contributed by atoms with Crippen molar-refractivity contribution in [3.05, 3.63) is 78.5 Å². The summed E-state index contributed by atoms with van der Waals surface area (Å²) in [6.07, 6.45) is 2.76. The highest BCUT2D eigenvalue weighted by atomic mass is 32.1. The Hall–Kier alpha value is -3.98. The van der Waals surface area contributed by atoms with E-state index in [1.54, 1.807) is 0 Å². The molecule has 0 radical (unpaired) electrons. The first kappa shape index (κ1) is 25.1. The predicted octanol–water partition coefficient (Wildman–Crippen LogP) is 4.25. The Balaban J connectivity index is 1.48. The van der Waals surface area contributed by atoms with Gasteiger partial charge in [-0.05, 0) is 41.0 Å². The van der Waals surface area contributed by atoms with Crippen molar-refractivity contribution in [2.24, 2.45) is 0 Å². The van der Waals surface area contributed by atoms with Crippen LogP contribution in [-0.2, 0) is 16.0 Å². The minimum atomic E-state index is -0.783. The van der Waals surface area contributed by atoms with E-state index in [0.717, 1.165) is 27.2 Å². The van der Waals surface area contributed by atoms with E-state index in [0.29, 0.717) is 25.1 Å². The van der Waals surface area contributed by atoms with Crippen molar-refractivity contribution < 1.29 is 14.4 Å². The summed E-state index contributed by atoms with van der Waals surface area (Å²) in [6, 6.07) is 20.3. The van der Waals surface area contributed by atoms with E-state index >= 15 is 0 Å². The molecule has 9 heteroatoms. The molecule has 0 aliphatic rings. The number of aromatic amines is 1. The molecule has 1 aromatic heterocycles. The third-order valence-electron chi connectivity index (χ3n) is 5.99. The van der Waals surface area contributed by atoms with Crippen LogP contribution >= 0.6 is 12.8 Å². The Morgan fingerprint density at radius 1 is 1.00 bits per heavy atom. The van der Waals surface area contributed by atoms with Gasteiger partial charge in [0.1, 0.15) is 6.04 Å². The molecule has 4 aromatic rings. The average molecular weight is 504 g/mol. The van der Waals surface area contributed by atoms with Crippen molar-refractivity contribution in [3.63, 3.8) is 0 Å². The number of para-hydroxylation sites is 1. The first-order valence-electron chi connectivity index (χ1n) is 11.8. The molecule has 0 aliphatic heterocycles. The lowest BCUT2D eigenvalue weighted by Gasteiger charge is -2.19. The number of carbonyl (C=O) groups excluding carboxylic acids is 3. The maximum atomic E-state index is 13.3. The number of amides is 4. The second kappa shape index (κ2) is 11.6. The molecular weight excluding hydrogens is 474 g/mol. The van der Waals surface area contributed by atoms with Crippen molar-refractivity contribution in [3.8, 4) is 0 Å². The van der Waals surface area contributed by atoms with Gasteiger partial charge in [-0.15, -0.1) is 0 Å². The van der Waals surface area contributed by atoms with E-state index in [9.17, 15) is 14.4 Å². The number of carbonyl (C=O) groups is 3. The third-order valence-corrected chi connectivity index (χ3v) is 6.37. The summed E-state index contributed by atoms with van der Waals surface area (Å²) in [6.45, 7) is 0.298. The number of benzene rings is 3. The van der Waals surface area contributed by atoms with Crippen LogP contribution in [0.15, 0.2) is 72.9 Å². The molecule has 8 nitrogen and oxygen atoms in total. The molecule has 4 rings (SSSR count). The zero-order valence-corrected chi connectivity index (χ0v) is 20.8. The van der Waals surface area contributed by atoms with Gasteiger partial charge in [-0.25, -0.2) is 4.79 Å². The van der Waals surface area contributed by atoms with E-state index in [4.69, 9.17) is 0 Å². The molecule has 0 saturated carbocycles. The maximum Gasteiger partial charge on any atom is 0.326 e. The first-order chi connectivity index (χ1) is 17.4. The van der Waals surface area contributed by atoms with Gasteiger partial charge in [0.25, 0.3) is 0 Å². The fraction of sp³-hybridized carbons (Fsp3) is 0.222. The molecule has 4 N–H and O–H groups in total. The van der Waals surface area contributed by atoms with Gasteiger partial charge in [-0.2, -0.15) is 0 Å². The van der Waals surface area contributed by atoms with Gasteiger partial charge in [0.15, 0.2) is 0 Å². The molecule has 186 valence electrons. The lowest BCUT2D eigenvalue weighted by Crippen LogP contribution is -2.45. The number of urea groups is 1. The summed E-state index contributed by atoms with van der Waals surface area (Å²) in [5.74, 6) is -0.572. The number of aromatic nitrogens is 1. The highest BCUT2D eigenvalue weighted by molar-refractivity contribution is 7.78. The van der Waals surface area contributed by atoms with E-state index in [1.165, 1.54) is 11.4 Å². The van der Waals surface area contributed by atoms with Gasteiger partial charge >= 0.3 is 6.03 Å². The fourth-order valence-corrected chi connectivity index (χ4v) is 4.35. The summed E-state index contributed by atoms with van der Waals surface area (Å²) < 4.78 is 1.21. The van der Waals surface area contributed by atoms with Crippen molar-refractivity contribution >= 4 is 58.0 Å². The van der Waals surface area contributed by atoms with Crippen molar-refractivity contribution in [2.45, 2.75) is 25.3 Å². The molecule has 0 fully saturated rings. The molecule has 4 amide bonds. The highest BCUT2D eigenvalue weighted by Crippen LogP contribution is 2.21. The summed E-state index contributed by atoms with van der Waals surface area (Å²) >= 11 is 4.11. The van der Waals surface area contributed by atoms with Crippen molar-refractivity contribution in [1.29, 1.82) is 0 Å². The van der Waals surface area contributed by atoms with Crippen LogP contribution in [0, 0.1) is 0 Å². The van der Waals surface area contributed by atoms with Gasteiger partial charge < -0.3 is 20.9 Å². The number of H-pyrrole nitrogens is 1. The largest absolute Gasteiger partial charge is 0.361 e. The zero-order chi connectivity index (χ0) is 25.5. The van der Waals surface area contributed by atoms with Gasteiger partial charge in [0, 0.05) is 49.2 Å². The molecule has 0 spiro atoms. The first-order valence-corrected chi connectivity index (χ1v) is 12.2. The smallest absolute Gasteiger partial charge is 0.326 e. The van der Waals surface area contributed by atoms with Crippen LogP contribution in [0.1, 0.15) is 18.4 Å². The SMILES string of the molecule is CNC(=O)N(S)CCCC(=O)NC(Cc1c[nH]c2ccccc12)C(=O)Nc1ccc2ccccc2c1. The molecule has 1 heterocycles. The number of anilines is 1. The quantitative estimate of drug-likeness (QED) is 0.220. The van der Waals surface area contributed by atoms with Crippen LogP contribution in [0.4, 0.5) is 10.5 Å². The van der Waals surface area contributed by atoms with E-state index < -0.39 is 6.04 Å². The standard InChI is InChI=1S/C27H29N5O3S/c1-28-27(35)32(36)14-6-11-25(33)31-24(16-20-17-29-23-10-5-4-9-22(20)23)26(34)30-21-13-12-18-7-2-3-8-19(18)15-21/h2-5,7-10,12-13,15,17,24,29,36H,6,11,14,16H2,1H3,(H,28,35)(H,30,34)(H,31,33). The van der Waals surface area contributed by atoms with Gasteiger partial charge in [0.2, 0.25) is 11.8 Å². The molecule has 1 unspecified atom stereocenters. The number of nitrogens with one attached hydrogen (secondary N) is 4. The van der Waals surface area contributed by atoms with Crippen LogP contribution in [0.2, 0.25) is 0 Å². The van der Waals surface area contributed by atoms with Crippen LogP contribution in [0.25, 0.3) is 21.7 Å².